The van der Waals surface area contributed by atoms with E-state index in [-0.39, 0.29) is 15.6 Å². The molecule has 0 N–H and O–H groups in total. The van der Waals surface area contributed by atoms with Crippen molar-refractivity contribution in [2.45, 2.75) is 6.42 Å². The second-order valence-corrected chi connectivity index (χ2v) is 6.10. The predicted molar refractivity (Wildman–Crippen MR) is 89.6 cm³/mol. The van der Waals surface area contributed by atoms with Crippen LogP contribution in [0.15, 0.2) is 30.3 Å². The summed E-state index contributed by atoms with van der Waals surface area (Å²) < 4.78 is 18.4. The lowest BCUT2D eigenvalue weighted by Crippen LogP contribution is -2.29. The highest BCUT2D eigenvalue weighted by Gasteiger charge is 2.28. The fourth-order valence-electron chi connectivity index (χ4n) is 2.69. The molecule has 1 amide bonds. The Morgan fingerprint density at radius 3 is 2.62 bits per heavy atom. The quantitative estimate of drug-likeness (QED) is 0.592. The van der Waals surface area contributed by atoms with Crippen LogP contribution in [0.1, 0.15) is 26.3 Å². The van der Waals surface area contributed by atoms with Crippen LogP contribution in [-0.4, -0.2) is 25.5 Å². The molecule has 0 saturated heterocycles. The van der Waals surface area contributed by atoms with E-state index < -0.39 is 17.7 Å². The molecule has 2 aromatic carbocycles. The van der Waals surface area contributed by atoms with Crippen molar-refractivity contribution in [1.29, 1.82) is 0 Å². The first-order valence-electron chi connectivity index (χ1n) is 7.10. The van der Waals surface area contributed by atoms with Crippen LogP contribution in [-0.2, 0) is 11.2 Å². The van der Waals surface area contributed by atoms with Crippen molar-refractivity contribution in [3.63, 3.8) is 0 Å². The zero-order valence-corrected chi connectivity index (χ0v) is 14.1. The Labute approximate surface area is 147 Å². The summed E-state index contributed by atoms with van der Waals surface area (Å²) in [5.41, 5.74) is 1.97. The summed E-state index contributed by atoms with van der Waals surface area (Å²) in [5.74, 6) is -1.56. The van der Waals surface area contributed by atoms with Crippen LogP contribution in [0.25, 0.3) is 0 Å². The van der Waals surface area contributed by atoms with Crippen LogP contribution in [0, 0.1) is 5.82 Å². The summed E-state index contributed by atoms with van der Waals surface area (Å²) in [4.78, 5) is 25.8. The number of rotatable bonds is 2. The Bertz CT molecular complexity index is 854. The lowest BCUT2D eigenvalue weighted by molar-refractivity contribution is 0.0600. The van der Waals surface area contributed by atoms with E-state index in [0.29, 0.717) is 24.2 Å². The number of anilines is 1. The summed E-state index contributed by atoms with van der Waals surface area (Å²) in [6.07, 6.45) is 0.583. The molecule has 0 saturated carbocycles. The molecule has 7 heteroatoms. The van der Waals surface area contributed by atoms with Gasteiger partial charge in [-0.15, -0.1) is 0 Å². The largest absolute Gasteiger partial charge is 0.465 e. The fraction of sp³-hybridized carbons (Fsp3) is 0.176. The van der Waals surface area contributed by atoms with E-state index in [9.17, 15) is 14.0 Å². The van der Waals surface area contributed by atoms with Crippen molar-refractivity contribution in [3.8, 4) is 0 Å². The van der Waals surface area contributed by atoms with Crippen molar-refractivity contribution in [2.75, 3.05) is 18.6 Å². The molecule has 0 radical (unpaired) electrons. The molecule has 0 fully saturated rings. The SMILES string of the molecule is COC(=O)c1ccc2c(c1)CCN2C(=O)c1cc(F)c(Cl)cc1Cl. The third-order valence-electron chi connectivity index (χ3n) is 3.88. The predicted octanol–water partition coefficient (Wildman–Crippen LogP) is 4.12. The average molecular weight is 368 g/mol. The maximum Gasteiger partial charge on any atom is 0.337 e. The molecular formula is C17H12Cl2FNO3. The molecule has 124 valence electrons. The van der Waals surface area contributed by atoms with Crippen LogP contribution >= 0.6 is 23.2 Å². The molecular weight excluding hydrogens is 356 g/mol. The van der Waals surface area contributed by atoms with Gasteiger partial charge in [0.1, 0.15) is 5.82 Å². The van der Waals surface area contributed by atoms with Gasteiger partial charge in [-0.3, -0.25) is 4.79 Å². The van der Waals surface area contributed by atoms with E-state index in [0.717, 1.165) is 11.6 Å². The maximum atomic E-state index is 13.7. The highest BCUT2D eigenvalue weighted by Crippen LogP contribution is 2.32. The first-order valence-corrected chi connectivity index (χ1v) is 7.85. The van der Waals surface area contributed by atoms with E-state index in [1.165, 1.54) is 18.1 Å². The van der Waals surface area contributed by atoms with E-state index in [2.05, 4.69) is 4.74 Å². The summed E-state index contributed by atoms with van der Waals surface area (Å²) in [6.45, 7) is 0.416. The first kappa shape index (κ1) is 16.7. The number of esters is 1. The summed E-state index contributed by atoms with van der Waals surface area (Å²) in [6, 6.07) is 7.20. The Kier molecular flexibility index (Phi) is 4.47. The molecule has 1 aliphatic heterocycles. The molecule has 24 heavy (non-hydrogen) atoms. The molecule has 2 aromatic rings. The first-order chi connectivity index (χ1) is 11.4. The molecule has 4 nitrogen and oxygen atoms in total. The van der Waals surface area contributed by atoms with Crippen molar-refractivity contribution >= 4 is 40.8 Å². The van der Waals surface area contributed by atoms with Gasteiger partial charge in [0.05, 0.1) is 28.3 Å². The molecule has 0 atom stereocenters. The summed E-state index contributed by atoms with van der Waals surface area (Å²) in [7, 11) is 1.31. The minimum absolute atomic E-state index is 0.0449. The van der Waals surface area contributed by atoms with Gasteiger partial charge in [-0.1, -0.05) is 23.2 Å². The molecule has 1 heterocycles. The van der Waals surface area contributed by atoms with Crippen molar-refractivity contribution < 1.29 is 18.7 Å². The van der Waals surface area contributed by atoms with Gasteiger partial charge in [0.25, 0.3) is 5.91 Å². The number of hydrogen-bond donors (Lipinski definition) is 0. The number of benzene rings is 2. The average Bonchev–Trinajstić information content (AvgIpc) is 2.99. The molecule has 0 aromatic heterocycles. The van der Waals surface area contributed by atoms with Crippen molar-refractivity contribution in [1.82, 2.24) is 0 Å². The number of carbonyl (C=O) groups is 2. The zero-order valence-electron chi connectivity index (χ0n) is 12.6. The summed E-state index contributed by atoms with van der Waals surface area (Å²) in [5, 5.41) is -0.0490. The maximum absolute atomic E-state index is 13.7. The second-order valence-electron chi connectivity index (χ2n) is 5.29. The number of nitrogens with zero attached hydrogens (tertiary/aromatic N) is 1. The van der Waals surface area contributed by atoms with Gasteiger partial charge in [-0.05, 0) is 42.3 Å². The molecule has 1 aliphatic rings. The standard InChI is InChI=1S/C17H12Cl2FNO3/c1-24-17(23)10-2-3-15-9(6-10)4-5-21(15)16(22)11-7-14(20)13(19)8-12(11)18/h2-3,6-8H,4-5H2,1H3. The Balaban J connectivity index is 1.95. The van der Waals surface area contributed by atoms with Gasteiger partial charge >= 0.3 is 5.97 Å². The Hall–Kier alpha value is -2.11. The number of carbonyl (C=O) groups excluding carboxylic acids is 2. The third-order valence-corrected chi connectivity index (χ3v) is 4.48. The lowest BCUT2D eigenvalue weighted by Gasteiger charge is -2.18. The number of ether oxygens (including phenoxy) is 1. The Morgan fingerprint density at radius 1 is 1.17 bits per heavy atom. The van der Waals surface area contributed by atoms with E-state index in [4.69, 9.17) is 23.2 Å². The van der Waals surface area contributed by atoms with Crippen LogP contribution < -0.4 is 4.90 Å². The van der Waals surface area contributed by atoms with Gasteiger partial charge in [-0.25, -0.2) is 9.18 Å². The van der Waals surface area contributed by atoms with Crippen LogP contribution in [0.4, 0.5) is 10.1 Å². The van der Waals surface area contributed by atoms with E-state index >= 15 is 0 Å². The minimum Gasteiger partial charge on any atom is -0.465 e. The van der Waals surface area contributed by atoms with Crippen LogP contribution in [0.3, 0.4) is 0 Å². The highest BCUT2D eigenvalue weighted by atomic mass is 35.5. The molecule has 0 unspecified atom stereocenters. The third kappa shape index (κ3) is 2.85. The van der Waals surface area contributed by atoms with Crippen LogP contribution in [0.5, 0.6) is 0 Å². The molecule has 3 rings (SSSR count). The van der Waals surface area contributed by atoms with Gasteiger partial charge in [0, 0.05) is 12.2 Å². The molecule has 0 spiro atoms. The smallest absolute Gasteiger partial charge is 0.337 e. The highest BCUT2D eigenvalue weighted by molar-refractivity contribution is 6.37. The van der Waals surface area contributed by atoms with Gasteiger partial charge in [-0.2, -0.15) is 0 Å². The molecule has 0 aliphatic carbocycles. The van der Waals surface area contributed by atoms with Gasteiger partial charge in [0.2, 0.25) is 0 Å². The summed E-state index contributed by atoms with van der Waals surface area (Å²) >= 11 is 11.7. The number of fused-ring (bicyclic) bond motifs is 1. The van der Waals surface area contributed by atoms with E-state index in [1.807, 2.05) is 0 Å². The van der Waals surface area contributed by atoms with E-state index in [1.54, 1.807) is 18.2 Å². The monoisotopic (exact) mass is 367 g/mol. The normalized spacial score (nSPS) is 12.9. The number of amides is 1. The molecule has 0 bridgehead atoms. The van der Waals surface area contributed by atoms with Crippen molar-refractivity contribution in [2.24, 2.45) is 0 Å². The zero-order chi connectivity index (χ0) is 17.4. The lowest BCUT2D eigenvalue weighted by atomic mass is 10.1. The topological polar surface area (TPSA) is 46.6 Å². The van der Waals surface area contributed by atoms with Gasteiger partial charge in [0.15, 0.2) is 0 Å². The van der Waals surface area contributed by atoms with Crippen molar-refractivity contribution in [3.05, 3.63) is 62.9 Å². The van der Waals surface area contributed by atoms with Gasteiger partial charge < -0.3 is 9.64 Å². The second kappa shape index (κ2) is 6.42. The number of hydrogen-bond acceptors (Lipinski definition) is 3. The Morgan fingerprint density at radius 2 is 1.92 bits per heavy atom. The number of halogens is 3. The minimum atomic E-state index is -0.704. The van der Waals surface area contributed by atoms with Crippen LogP contribution in [0.2, 0.25) is 10.0 Å². The number of methoxy groups -OCH3 is 1. The fourth-order valence-corrected chi connectivity index (χ4v) is 3.15.